The maximum Gasteiger partial charge on any atom is 0.302 e. The van der Waals surface area contributed by atoms with Gasteiger partial charge in [0.1, 0.15) is 25.6 Å². The number of esters is 1. The molecule has 0 saturated carbocycles. The number of hydrogen-bond acceptors (Lipinski definition) is 6. The summed E-state index contributed by atoms with van der Waals surface area (Å²) < 4.78 is 10.5. The van der Waals surface area contributed by atoms with E-state index in [0.29, 0.717) is 27.6 Å². The molecule has 7 heteroatoms. The lowest BCUT2D eigenvalue weighted by Gasteiger charge is -2.26. The van der Waals surface area contributed by atoms with Gasteiger partial charge >= 0.3 is 5.97 Å². The minimum Gasteiger partial charge on any atom is -0.490 e. The highest BCUT2D eigenvalue weighted by Gasteiger charge is 2.34. The standard InChI is InChI=1S/C23H19NO6/c1-15(25)28-10-11-29-18-12-17-8-5-9-19-21(17)20(13-18)23(27)24(22(19)26)30-14-16-6-3-2-4-7-16/h2-9,12-13H,10-11,14H2,1H3. The van der Waals surface area contributed by atoms with Gasteiger partial charge in [0.2, 0.25) is 0 Å². The summed E-state index contributed by atoms with van der Waals surface area (Å²) in [6.07, 6.45) is 0. The van der Waals surface area contributed by atoms with E-state index in [2.05, 4.69) is 0 Å². The molecule has 1 heterocycles. The molecule has 0 aromatic heterocycles. The van der Waals surface area contributed by atoms with Crippen LogP contribution in [-0.4, -0.2) is 36.1 Å². The lowest BCUT2D eigenvalue weighted by molar-refractivity contribution is -0.141. The zero-order valence-electron chi connectivity index (χ0n) is 16.3. The third-order valence-electron chi connectivity index (χ3n) is 4.64. The van der Waals surface area contributed by atoms with Crippen molar-refractivity contribution in [3.8, 4) is 5.75 Å². The molecular weight excluding hydrogens is 386 g/mol. The Balaban J connectivity index is 1.61. The Morgan fingerprint density at radius 2 is 1.67 bits per heavy atom. The fraction of sp³-hybridized carbons (Fsp3) is 0.174. The van der Waals surface area contributed by atoms with Gasteiger partial charge in [0.05, 0.1) is 11.1 Å². The minimum atomic E-state index is -0.551. The summed E-state index contributed by atoms with van der Waals surface area (Å²) in [6.45, 7) is 1.65. The van der Waals surface area contributed by atoms with Crippen LogP contribution in [0.5, 0.6) is 5.75 Å². The van der Waals surface area contributed by atoms with E-state index in [1.54, 1.807) is 24.3 Å². The summed E-state index contributed by atoms with van der Waals surface area (Å²) >= 11 is 0. The number of carbonyl (C=O) groups is 3. The van der Waals surface area contributed by atoms with Crippen molar-refractivity contribution < 1.29 is 28.7 Å². The number of amides is 2. The van der Waals surface area contributed by atoms with Crippen LogP contribution >= 0.6 is 0 Å². The first kappa shape index (κ1) is 19.6. The van der Waals surface area contributed by atoms with Gasteiger partial charge in [-0.15, -0.1) is 5.06 Å². The molecule has 152 valence electrons. The van der Waals surface area contributed by atoms with Crippen molar-refractivity contribution in [2.75, 3.05) is 13.2 Å². The van der Waals surface area contributed by atoms with Gasteiger partial charge in [-0.05, 0) is 29.1 Å². The van der Waals surface area contributed by atoms with Gasteiger partial charge in [0, 0.05) is 12.3 Å². The smallest absolute Gasteiger partial charge is 0.302 e. The predicted molar refractivity (Wildman–Crippen MR) is 108 cm³/mol. The summed E-state index contributed by atoms with van der Waals surface area (Å²) in [7, 11) is 0. The molecule has 0 radical (unpaired) electrons. The predicted octanol–water partition coefficient (Wildman–Crippen LogP) is 3.51. The van der Waals surface area contributed by atoms with Crippen molar-refractivity contribution in [1.82, 2.24) is 5.06 Å². The number of rotatable bonds is 7. The number of nitrogens with zero attached hydrogens (tertiary/aromatic N) is 1. The van der Waals surface area contributed by atoms with Crippen molar-refractivity contribution in [3.63, 3.8) is 0 Å². The average Bonchev–Trinajstić information content (AvgIpc) is 2.75. The molecule has 1 aliphatic rings. The van der Waals surface area contributed by atoms with Gasteiger partial charge in [0.15, 0.2) is 0 Å². The maximum atomic E-state index is 13.1. The highest BCUT2D eigenvalue weighted by atomic mass is 16.7. The zero-order valence-corrected chi connectivity index (χ0v) is 16.3. The van der Waals surface area contributed by atoms with Gasteiger partial charge in [-0.3, -0.25) is 19.2 Å². The molecule has 0 atom stereocenters. The molecule has 3 aromatic rings. The van der Waals surface area contributed by atoms with Crippen molar-refractivity contribution in [2.24, 2.45) is 0 Å². The molecule has 0 aliphatic carbocycles. The van der Waals surface area contributed by atoms with E-state index < -0.39 is 17.8 Å². The monoisotopic (exact) mass is 405 g/mol. The van der Waals surface area contributed by atoms with E-state index >= 15 is 0 Å². The minimum absolute atomic E-state index is 0.0855. The SMILES string of the molecule is CC(=O)OCCOc1cc2c3c(cccc3c1)C(=O)N(OCc1ccccc1)C2=O. The van der Waals surface area contributed by atoms with Crippen molar-refractivity contribution >= 4 is 28.6 Å². The summed E-state index contributed by atoms with van der Waals surface area (Å²) in [5.74, 6) is -1.01. The van der Waals surface area contributed by atoms with E-state index in [4.69, 9.17) is 14.3 Å². The van der Waals surface area contributed by atoms with Crippen LogP contribution in [0.3, 0.4) is 0 Å². The van der Waals surface area contributed by atoms with E-state index in [1.807, 2.05) is 36.4 Å². The molecule has 2 amide bonds. The molecule has 0 bridgehead atoms. The van der Waals surface area contributed by atoms with Crippen LogP contribution in [0, 0.1) is 0 Å². The normalized spacial score (nSPS) is 12.9. The van der Waals surface area contributed by atoms with Crippen molar-refractivity contribution in [3.05, 3.63) is 77.4 Å². The lowest BCUT2D eigenvalue weighted by atomic mass is 9.94. The summed E-state index contributed by atoms with van der Waals surface area (Å²) in [6, 6.07) is 17.8. The summed E-state index contributed by atoms with van der Waals surface area (Å²) in [4.78, 5) is 42.4. The second-order valence-electron chi connectivity index (χ2n) is 6.73. The lowest BCUT2D eigenvalue weighted by Crippen LogP contribution is -2.40. The quantitative estimate of drug-likeness (QED) is 0.340. The fourth-order valence-corrected chi connectivity index (χ4v) is 3.32. The molecule has 0 spiro atoms. The largest absolute Gasteiger partial charge is 0.490 e. The first-order valence-corrected chi connectivity index (χ1v) is 9.43. The van der Waals surface area contributed by atoms with Gasteiger partial charge in [-0.2, -0.15) is 0 Å². The van der Waals surface area contributed by atoms with Gasteiger partial charge in [-0.1, -0.05) is 42.5 Å². The van der Waals surface area contributed by atoms with Crippen molar-refractivity contribution in [1.29, 1.82) is 0 Å². The molecule has 30 heavy (non-hydrogen) atoms. The number of hydroxylamine groups is 2. The Kier molecular flexibility index (Phi) is 5.45. The van der Waals surface area contributed by atoms with Crippen LogP contribution < -0.4 is 4.74 Å². The van der Waals surface area contributed by atoms with Crippen LogP contribution in [0.1, 0.15) is 33.2 Å². The zero-order chi connectivity index (χ0) is 21.1. The number of ether oxygens (including phenoxy) is 2. The average molecular weight is 405 g/mol. The van der Waals surface area contributed by atoms with Gasteiger partial charge in [-0.25, -0.2) is 0 Å². The van der Waals surface area contributed by atoms with E-state index in [-0.39, 0.29) is 19.8 Å². The summed E-state index contributed by atoms with van der Waals surface area (Å²) in [5, 5.41) is 2.07. The van der Waals surface area contributed by atoms with Crippen LogP contribution in [0.4, 0.5) is 0 Å². The Bertz CT molecular complexity index is 1130. The number of hydrogen-bond donors (Lipinski definition) is 0. The molecule has 7 nitrogen and oxygen atoms in total. The second-order valence-corrected chi connectivity index (χ2v) is 6.73. The highest BCUT2D eigenvalue weighted by Crippen LogP contribution is 2.33. The van der Waals surface area contributed by atoms with Gasteiger partial charge < -0.3 is 9.47 Å². The Labute approximate surface area is 172 Å². The topological polar surface area (TPSA) is 82.1 Å². The Hall–Kier alpha value is -3.71. The molecule has 4 rings (SSSR count). The summed E-state index contributed by atoms with van der Waals surface area (Å²) in [5.41, 5.74) is 1.55. The fourth-order valence-electron chi connectivity index (χ4n) is 3.32. The molecule has 0 unspecified atom stereocenters. The van der Waals surface area contributed by atoms with Crippen LogP contribution in [0.15, 0.2) is 60.7 Å². The third kappa shape index (κ3) is 3.88. The molecule has 0 fully saturated rings. The molecule has 0 saturated heterocycles. The Morgan fingerprint density at radius 1 is 0.900 bits per heavy atom. The van der Waals surface area contributed by atoms with E-state index in [0.717, 1.165) is 10.6 Å². The highest BCUT2D eigenvalue weighted by molar-refractivity contribution is 6.25. The maximum absolute atomic E-state index is 13.1. The van der Waals surface area contributed by atoms with E-state index in [9.17, 15) is 14.4 Å². The molecule has 3 aromatic carbocycles. The molecular formula is C23H19NO6. The molecule has 0 N–H and O–H groups in total. The first-order chi connectivity index (χ1) is 14.5. The van der Waals surface area contributed by atoms with Gasteiger partial charge in [0.25, 0.3) is 11.8 Å². The Morgan fingerprint density at radius 3 is 2.43 bits per heavy atom. The van der Waals surface area contributed by atoms with Crippen molar-refractivity contribution in [2.45, 2.75) is 13.5 Å². The molecule has 1 aliphatic heterocycles. The number of carbonyl (C=O) groups excluding carboxylic acids is 3. The number of benzene rings is 3. The second kappa shape index (κ2) is 8.34. The number of imide groups is 1. The first-order valence-electron chi connectivity index (χ1n) is 9.43. The van der Waals surface area contributed by atoms with Crippen LogP contribution in [0.25, 0.3) is 10.8 Å². The third-order valence-corrected chi connectivity index (χ3v) is 4.64. The van der Waals surface area contributed by atoms with Crippen LogP contribution in [-0.2, 0) is 21.0 Å². The van der Waals surface area contributed by atoms with Crippen LogP contribution in [0.2, 0.25) is 0 Å². The van der Waals surface area contributed by atoms with E-state index in [1.165, 1.54) is 6.92 Å².